The fourth-order valence-corrected chi connectivity index (χ4v) is 4.53. The molecule has 0 aliphatic heterocycles. The van der Waals surface area contributed by atoms with Crippen molar-refractivity contribution in [2.24, 2.45) is 0 Å². The van der Waals surface area contributed by atoms with Crippen molar-refractivity contribution < 1.29 is 0 Å². The van der Waals surface area contributed by atoms with E-state index < -0.39 is 8.07 Å². The van der Waals surface area contributed by atoms with Crippen LogP contribution in [0.2, 0.25) is 19.6 Å². The van der Waals surface area contributed by atoms with Crippen LogP contribution in [-0.2, 0) is 0 Å². The third-order valence-corrected chi connectivity index (χ3v) is 4.81. The quantitative estimate of drug-likeness (QED) is 0.540. The van der Waals surface area contributed by atoms with Crippen LogP contribution in [0.3, 0.4) is 0 Å². The van der Waals surface area contributed by atoms with Gasteiger partial charge in [-0.1, -0.05) is 0 Å². The van der Waals surface area contributed by atoms with E-state index in [1.165, 1.54) is 10.0 Å². The Labute approximate surface area is 94.3 Å². The Morgan fingerprint density at radius 3 is 2.36 bits per heavy atom. The molecule has 0 bridgehead atoms. The molecule has 0 aliphatic carbocycles. The average molecular weight is 267 g/mol. The second kappa shape index (κ2) is 4.84. The molecule has 0 aromatic heterocycles. The van der Waals surface area contributed by atoms with Crippen LogP contribution in [0.15, 0.2) is 24.3 Å². The van der Waals surface area contributed by atoms with Gasteiger partial charge in [0.15, 0.2) is 0 Å². The maximum absolute atomic E-state index is 3.41. The van der Waals surface area contributed by atoms with Gasteiger partial charge in [0.05, 0.1) is 0 Å². The second-order valence-electron chi connectivity index (χ2n) is 4.34. The fourth-order valence-electron chi connectivity index (χ4n) is 0.905. The van der Waals surface area contributed by atoms with Gasteiger partial charge in [0.2, 0.25) is 0 Å². The molecule has 0 heterocycles. The molecule has 0 amide bonds. The normalized spacial score (nSPS) is 10.6. The van der Waals surface area contributed by atoms with Crippen molar-refractivity contribution in [3.05, 3.63) is 29.8 Å². The molecule has 0 spiro atoms. The van der Waals surface area contributed by atoms with E-state index in [2.05, 4.69) is 61.2 Å². The molecule has 0 N–H and O–H groups in total. The Balaban J connectivity index is 2.70. The van der Waals surface area contributed by atoms with Gasteiger partial charge in [-0.25, -0.2) is 0 Å². The van der Waals surface area contributed by atoms with Crippen LogP contribution in [0.25, 0.3) is 0 Å². The molecule has 0 atom stereocenters. The van der Waals surface area contributed by atoms with E-state index in [1.807, 2.05) is 0 Å². The van der Waals surface area contributed by atoms with Gasteiger partial charge < -0.3 is 0 Å². The number of hydrogen-bond donors (Lipinski definition) is 0. The molecular formula is C12H16SeSi. The van der Waals surface area contributed by atoms with Crippen molar-refractivity contribution in [3.8, 4) is 10.4 Å². The summed E-state index contributed by atoms with van der Waals surface area (Å²) in [6, 6.07) is 8.53. The van der Waals surface area contributed by atoms with Gasteiger partial charge in [0.25, 0.3) is 0 Å². The van der Waals surface area contributed by atoms with Crippen molar-refractivity contribution in [2.45, 2.75) is 26.6 Å². The van der Waals surface area contributed by atoms with Crippen LogP contribution in [0.1, 0.15) is 5.56 Å². The topological polar surface area (TPSA) is 0 Å². The van der Waals surface area contributed by atoms with Crippen LogP contribution in [0.5, 0.6) is 0 Å². The van der Waals surface area contributed by atoms with E-state index in [1.54, 1.807) is 0 Å². The summed E-state index contributed by atoms with van der Waals surface area (Å²) in [4.78, 5) is 3.36. The molecule has 0 fully saturated rings. The Morgan fingerprint density at radius 2 is 1.79 bits per heavy atom. The van der Waals surface area contributed by atoms with Crippen LogP contribution >= 0.6 is 0 Å². The summed E-state index contributed by atoms with van der Waals surface area (Å²) in [5.41, 5.74) is 4.79. The predicted molar refractivity (Wildman–Crippen MR) is 67.7 cm³/mol. The third kappa shape index (κ3) is 4.15. The molecule has 0 aliphatic rings. The summed E-state index contributed by atoms with van der Waals surface area (Å²) in [5.74, 6) is 0. The Bertz CT molecular complexity index is 366. The van der Waals surface area contributed by atoms with Crippen molar-refractivity contribution in [3.63, 3.8) is 0 Å². The van der Waals surface area contributed by atoms with Crippen LogP contribution in [-0.4, -0.2) is 23.0 Å². The standard InChI is InChI=1S/C12H16SeSi/c1-11-7-5-6-8-12(11)13-9-10-14(2,3)4/h5-8H,1-4H3. The Morgan fingerprint density at radius 1 is 1.14 bits per heavy atom. The zero-order valence-corrected chi connectivity index (χ0v) is 11.9. The van der Waals surface area contributed by atoms with Gasteiger partial charge >= 0.3 is 94.2 Å². The third-order valence-electron chi connectivity index (χ3n) is 1.68. The summed E-state index contributed by atoms with van der Waals surface area (Å²) in [5, 5.41) is 0. The SMILES string of the molecule is Cc1ccccc1[Se]C#C[Si](C)(C)C. The molecule has 0 saturated carbocycles. The first kappa shape index (κ1) is 11.6. The van der Waals surface area contributed by atoms with Gasteiger partial charge in [-0.05, 0) is 0 Å². The van der Waals surface area contributed by atoms with E-state index in [0.29, 0.717) is 15.0 Å². The molecule has 0 unspecified atom stereocenters. The summed E-state index contributed by atoms with van der Waals surface area (Å²) in [6.45, 7) is 9.02. The number of aryl methyl sites for hydroxylation is 1. The van der Waals surface area contributed by atoms with Gasteiger partial charge in [-0.3, -0.25) is 0 Å². The first-order valence-electron chi connectivity index (χ1n) is 4.74. The first-order valence-corrected chi connectivity index (χ1v) is 9.95. The summed E-state index contributed by atoms with van der Waals surface area (Å²) < 4.78 is 1.42. The van der Waals surface area contributed by atoms with Crippen molar-refractivity contribution in [2.75, 3.05) is 0 Å². The average Bonchev–Trinajstić information content (AvgIpc) is 2.06. The molecule has 0 radical (unpaired) electrons. The van der Waals surface area contributed by atoms with E-state index >= 15 is 0 Å². The Kier molecular flexibility index (Phi) is 4.01. The summed E-state index contributed by atoms with van der Waals surface area (Å²) in [7, 11) is -1.17. The van der Waals surface area contributed by atoms with E-state index in [9.17, 15) is 0 Å². The van der Waals surface area contributed by atoms with E-state index in [-0.39, 0.29) is 0 Å². The zero-order chi connectivity index (χ0) is 10.6. The number of rotatable bonds is 1. The van der Waals surface area contributed by atoms with Crippen LogP contribution < -0.4 is 4.46 Å². The second-order valence-corrected chi connectivity index (χ2v) is 10.9. The minimum atomic E-state index is -1.17. The predicted octanol–water partition coefficient (Wildman–Crippen LogP) is 2.16. The van der Waals surface area contributed by atoms with Crippen molar-refractivity contribution >= 4 is 27.5 Å². The summed E-state index contributed by atoms with van der Waals surface area (Å²) in [6.07, 6.45) is 0. The molecule has 2 heteroatoms. The molecule has 1 aromatic rings. The molecule has 0 saturated heterocycles. The van der Waals surface area contributed by atoms with Gasteiger partial charge in [-0.2, -0.15) is 0 Å². The number of benzene rings is 1. The van der Waals surface area contributed by atoms with E-state index in [0.717, 1.165) is 0 Å². The minimum absolute atomic E-state index is 0.339. The van der Waals surface area contributed by atoms with Gasteiger partial charge in [0.1, 0.15) is 0 Å². The maximum atomic E-state index is 3.41. The monoisotopic (exact) mass is 268 g/mol. The van der Waals surface area contributed by atoms with Crippen LogP contribution in [0, 0.1) is 17.3 Å². The number of hydrogen-bond acceptors (Lipinski definition) is 0. The van der Waals surface area contributed by atoms with Gasteiger partial charge in [-0.15, -0.1) is 0 Å². The molecule has 74 valence electrons. The molecule has 0 nitrogen and oxygen atoms in total. The zero-order valence-electron chi connectivity index (χ0n) is 9.22. The Hall–Kier alpha value is -0.484. The first-order chi connectivity index (χ1) is 6.49. The van der Waals surface area contributed by atoms with Crippen molar-refractivity contribution in [1.82, 2.24) is 0 Å². The molecule has 14 heavy (non-hydrogen) atoms. The van der Waals surface area contributed by atoms with Gasteiger partial charge in [0, 0.05) is 0 Å². The van der Waals surface area contributed by atoms with E-state index in [4.69, 9.17) is 0 Å². The molecular weight excluding hydrogens is 251 g/mol. The molecule has 1 aromatic carbocycles. The van der Waals surface area contributed by atoms with Crippen molar-refractivity contribution in [1.29, 1.82) is 0 Å². The summed E-state index contributed by atoms with van der Waals surface area (Å²) >= 11 is 0.339. The fraction of sp³-hybridized carbons (Fsp3) is 0.333. The molecule has 1 rings (SSSR count). The van der Waals surface area contributed by atoms with Crippen LogP contribution in [0.4, 0.5) is 0 Å².